The maximum Gasteiger partial charge on any atom is 0.0478 e. The highest BCUT2D eigenvalue weighted by Crippen LogP contribution is 2.22. The van der Waals surface area contributed by atoms with E-state index in [0.717, 1.165) is 11.1 Å². The van der Waals surface area contributed by atoms with Gasteiger partial charge in [-0.3, -0.25) is 0 Å². The Kier molecular flexibility index (Phi) is 4.63. The average Bonchev–Trinajstić information content (AvgIpc) is 2.46. The van der Waals surface area contributed by atoms with Gasteiger partial charge in [-0.1, -0.05) is 83.9 Å². The van der Waals surface area contributed by atoms with E-state index < -0.39 is 0 Å². The van der Waals surface area contributed by atoms with E-state index in [2.05, 4.69) is 0 Å². The topological polar surface area (TPSA) is 0 Å². The number of hydrogen-bond donors (Lipinski definition) is 0. The highest BCUT2D eigenvalue weighted by molar-refractivity contribution is 6.50. The summed E-state index contributed by atoms with van der Waals surface area (Å²) in [7, 11) is 0. The Labute approximate surface area is 117 Å². The van der Waals surface area contributed by atoms with Crippen molar-refractivity contribution in [2.24, 2.45) is 0 Å². The number of hydrogen-bond acceptors (Lipinski definition) is 0. The summed E-state index contributed by atoms with van der Waals surface area (Å²) in [5.74, 6) is 0. The van der Waals surface area contributed by atoms with Crippen molar-refractivity contribution in [3.63, 3.8) is 0 Å². The first kappa shape index (κ1) is 12.9. The van der Waals surface area contributed by atoms with E-state index in [-0.39, 0.29) is 0 Å². The van der Waals surface area contributed by atoms with Crippen molar-refractivity contribution in [2.75, 3.05) is 0 Å². The minimum atomic E-state index is 0.671. The van der Waals surface area contributed by atoms with Crippen molar-refractivity contribution in [3.8, 4) is 0 Å². The van der Waals surface area contributed by atoms with Gasteiger partial charge in [0.15, 0.2) is 0 Å². The van der Waals surface area contributed by atoms with Gasteiger partial charge < -0.3 is 0 Å². The van der Waals surface area contributed by atoms with Crippen molar-refractivity contribution < 1.29 is 0 Å². The minimum Gasteiger partial charge on any atom is -0.0837 e. The molecule has 2 heteroatoms. The highest BCUT2D eigenvalue weighted by Gasteiger charge is 1.97. The molecule has 90 valence electrons. The third-order valence-corrected chi connectivity index (χ3v) is 3.16. The zero-order valence-corrected chi connectivity index (χ0v) is 11.2. The van der Waals surface area contributed by atoms with Gasteiger partial charge in [-0.15, -0.1) is 0 Å². The molecule has 0 amide bonds. The van der Waals surface area contributed by atoms with Crippen molar-refractivity contribution in [3.05, 3.63) is 83.9 Å². The Morgan fingerprint density at radius 3 is 1.28 bits per heavy atom. The molecule has 0 atom stereocenters. The van der Waals surface area contributed by atoms with Gasteiger partial charge in [0.1, 0.15) is 0 Å². The van der Waals surface area contributed by atoms with Gasteiger partial charge in [-0.25, -0.2) is 0 Å². The summed E-state index contributed by atoms with van der Waals surface area (Å²) in [6.45, 7) is 0. The van der Waals surface area contributed by atoms with Crippen molar-refractivity contribution in [2.45, 2.75) is 0 Å². The van der Waals surface area contributed by atoms with Crippen molar-refractivity contribution >= 4 is 33.3 Å². The summed E-state index contributed by atoms with van der Waals surface area (Å²) in [6, 6.07) is 19.6. The molecule has 0 bridgehead atoms. The quantitative estimate of drug-likeness (QED) is 0.644. The predicted molar refractivity (Wildman–Crippen MR) is 80.5 cm³/mol. The zero-order valence-electron chi connectivity index (χ0n) is 9.68. The van der Waals surface area contributed by atoms with Crippen LogP contribution in [0.25, 0.3) is 10.1 Å². The monoisotopic (exact) mass is 274 g/mol. The fraction of sp³-hybridized carbons (Fsp3) is 0. The Balaban J connectivity index is 2.20. The Hall–Kier alpha value is -1.50. The molecular formula is C16H12Cl2. The highest BCUT2D eigenvalue weighted by atomic mass is 35.5. The molecule has 0 heterocycles. The van der Waals surface area contributed by atoms with E-state index in [1.807, 2.05) is 72.8 Å². The lowest BCUT2D eigenvalue weighted by Gasteiger charge is -1.99. The van der Waals surface area contributed by atoms with Crippen LogP contribution in [0.3, 0.4) is 0 Å². The summed E-state index contributed by atoms with van der Waals surface area (Å²) in [4.78, 5) is 0. The molecule has 0 aliphatic carbocycles. The number of rotatable bonds is 3. The van der Waals surface area contributed by atoms with Crippen LogP contribution in [0.2, 0.25) is 0 Å². The molecule has 0 saturated carbocycles. The molecule has 2 rings (SSSR count). The molecule has 2 aromatic carbocycles. The summed E-state index contributed by atoms with van der Waals surface area (Å²) in [5.41, 5.74) is 1.96. The van der Waals surface area contributed by atoms with Crippen LogP contribution in [-0.2, 0) is 0 Å². The van der Waals surface area contributed by atoms with Crippen LogP contribution in [-0.4, -0.2) is 0 Å². The molecule has 0 aromatic heterocycles. The van der Waals surface area contributed by atoms with Crippen LogP contribution in [0.4, 0.5) is 0 Å². The van der Waals surface area contributed by atoms with Crippen LogP contribution < -0.4 is 0 Å². The summed E-state index contributed by atoms with van der Waals surface area (Å²) in [6.07, 6.45) is 3.62. The van der Waals surface area contributed by atoms with Gasteiger partial charge in [0, 0.05) is 10.1 Å². The smallest absolute Gasteiger partial charge is 0.0478 e. The predicted octanol–water partition coefficient (Wildman–Crippen LogP) is 5.55. The first-order valence-corrected chi connectivity index (χ1v) is 6.37. The summed E-state index contributed by atoms with van der Waals surface area (Å²) >= 11 is 12.4. The molecule has 0 aliphatic heterocycles. The van der Waals surface area contributed by atoms with Crippen LogP contribution in [0.15, 0.2) is 72.8 Å². The van der Waals surface area contributed by atoms with Gasteiger partial charge >= 0.3 is 0 Å². The maximum absolute atomic E-state index is 6.20. The van der Waals surface area contributed by atoms with Crippen LogP contribution in [0.1, 0.15) is 11.1 Å². The number of benzene rings is 2. The van der Waals surface area contributed by atoms with Gasteiger partial charge in [0.2, 0.25) is 0 Å². The molecule has 0 nitrogen and oxygen atoms in total. The van der Waals surface area contributed by atoms with Crippen LogP contribution >= 0.6 is 23.2 Å². The first-order valence-electron chi connectivity index (χ1n) is 5.61. The van der Waals surface area contributed by atoms with E-state index in [1.54, 1.807) is 0 Å². The normalized spacial score (nSPS) is 12.6. The maximum atomic E-state index is 6.20. The third-order valence-electron chi connectivity index (χ3n) is 2.48. The van der Waals surface area contributed by atoms with Gasteiger partial charge in [-0.05, 0) is 23.3 Å². The Bertz CT molecular complexity index is 501. The molecule has 0 saturated heterocycles. The standard InChI is InChI=1S/C16H12Cl2/c17-15(13-7-3-1-4-8-13)11-12-16(18)14-9-5-2-6-10-14/h1-12H/b15-11-,16-12-. The van der Waals surface area contributed by atoms with E-state index in [1.165, 1.54) is 0 Å². The van der Waals surface area contributed by atoms with Crippen LogP contribution in [0, 0.1) is 0 Å². The Morgan fingerprint density at radius 1 is 0.611 bits per heavy atom. The average molecular weight is 275 g/mol. The fourth-order valence-electron chi connectivity index (χ4n) is 1.53. The lowest BCUT2D eigenvalue weighted by Crippen LogP contribution is -1.76. The molecule has 0 unspecified atom stereocenters. The van der Waals surface area contributed by atoms with Gasteiger partial charge in [0.05, 0.1) is 0 Å². The first-order chi connectivity index (χ1) is 8.77. The second kappa shape index (κ2) is 6.44. The summed E-state index contributed by atoms with van der Waals surface area (Å²) < 4.78 is 0. The third kappa shape index (κ3) is 3.49. The van der Waals surface area contributed by atoms with Crippen molar-refractivity contribution in [1.82, 2.24) is 0 Å². The second-order valence-corrected chi connectivity index (χ2v) is 4.58. The second-order valence-electron chi connectivity index (χ2n) is 3.76. The molecule has 0 fully saturated rings. The van der Waals surface area contributed by atoms with E-state index in [0.29, 0.717) is 10.1 Å². The SMILES string of the molecule is Cl/C(=C\C=C(/Cl)c1ccccc1)c1ccccc1. The van der Waals surface area contributed by atoms with Gasteiger partial charge in [-0.2, -0.15) is 0 Å². The van der Waals surface area contributed by atoms with Crippen molar-refractivity contribution in [1.29, 1.82) is 0 Å². The molecule has 0 N–H and O–H groups in total. The zero-order chi connectivity index (χ0) is 12.8. The lowest BCUT2D eigenvalue weighted by molar-refractivity contribution is 1.64. The van der Waals surface area contributed by atoms with E-state index in [9.17, 15) is 0 Å². The molecule has 0 radical (unpaired) electrons. The number of allylic oxidation sites excluding steroid dienone is 2. The molecule has 0 aliphatic rings. The molecule has 2 aromatic rings. The molecular weight excluding hydrogens is 263 g/mol. The molecule has 0 spiro atoms. The fourth-order valence-corrected chi connectivity index (χ4v) is 1.91. The lowest BCUT2D eigenvalue weighted by atomic mass is 10.2. The van der Waals surface area contributed by atoms with Gasteiger partial charge in [0.25, 0.3) is 0 Å². The number of halogens is 2. The van der Waals surface area contributed by atoms with E-state index in [4.69, 9.17) is 23.2 Å². The Morgan fingerprint density at radius 2 is 0.944 bits per heavy atom. The molecule has 18 heavy (non-hydrogen) atoms. The minimum absolute atomic E-state index is 0.671. The largest absolute Gasteiger partial charge is 0.0837 e. The summed E-state index contributed by atoms with van der Waals surface area (Å²) in [5, 5.41) is 1.34. The van der Waals surface area contributed by atoms with E-state index >= 15 is 0 Å². The van der Waals surface area contributed by atoms with Crippen LogP contribution in [0.5, 0.6) is 0 Å².